The van der Waals surface area contributed by atoms with Crippen molar-refractivity contribution in [2.45, 2.75) is 38.9 Å². The summed E-state index contributed by atoms with van der Waals surface area (Å²) in [5.41, 5.74) is 6.04. The van der Waals surface area contributed by atoms with E-state index in [9.17, 15) is 0 Å². The first-order valence-electron chi connectivity index (χ1n) is 5.77. The Balaban J connectivity index is 1.87. The minimum Gasteiger partial charge on any atom is -0.333 e. The lowest BCUT2D eigenvalue weighted by Gasteiger charge is -2.29. The summed E-state index contributed by atoms with van der Waals surface area (Å²) in [6.45, 7) is 6.28. The van der Waals surface area contributed by atoms with Crippen LogP contribution in [0.15, 0.2) is 12.4 Å². The van der Waals surface area contributed by atoms with Crippen molar-refractivity contribution < 1.29 is 0 Å². The van der Waals surface area contributed by atoms with Gasteiger partial charge in [0.05, 0.1) is 6.54 Å². The van der Waals surface area contributed by atoms with Crippen LogP contribution in [0.2, 0.25) is 0 Å². The molecule has 0 amide bonds. The van der Waals surface area contributed by atoms with E-state index in [1.165, 1.54) is 12.2 Å². The molecule has 1 unspecified atom stereocenters. The van der Waals surface area contributed by atoms with E-state index in [1.54, 1.807) is 0 Å². The van der Waals surface area contributed by atoms with Gasteiger partial charge in [0.25, 0.3) is 0 Å². The highest BCUT2D eigenvalue weighted by atomic mass is 15.2. The lowest BCUT2D eigenvalue weighted by Crippen LogP contribution is -2.41. The average Bonchev–Trinajstić information content (AvgIpc) is 2.65. The first kappa shape index (κ1) is 10.6. The molecule has 2 heterocycles. The molecule has 0 aromatic carbocycles. The Morgan fingerprint density at radius 2 is 2.40 bits per heavy atom. The molecule has 0 radical (unpaired) electrons. The van der Waals surface area contributed by atoms with E-state index in [4.69, 9.17) is 5.73 Å². The fraction of sp³-hybridized carbons (Fsp3) is 0.727. The molecule has 0 spiro atoms. The van der Waals surface area contributed by atoms with Gasteiger partial charge in [0.15, 0.2) is 0 Å². The molecule has 0 fully saturated rings. The predicted molar refractivity (Wildman–Crippen MR) is 60.4 cm³/mol. The van der Waals surface area contributed by atoms with Gasteiger partial charge in [-0.3, -0.25) is 4.90 Å². The summed E-state index contributed by atoms with van der Waals surface area (Å²) >= 11 is 0. The molecule has 1 atom stereocenters. The Labute approximate surface area is 91.1 Å². The summed E-state index contributed by atoms with van der Waals surface area (Å²) in [5, 5.41) is 0. The van der Waals surface area contributed by atoms with Gasteiger partial charge in [-0.1, -0.05) is 13.3 Å². The number of imidazole rings is 1. The molecule has 1 aliphatic rings. The Morgan fingerprint density at radius 3 is 3.20 bits per heavy atom. The second-order valence-corrected chi connectivity index (χ2v) is 4.32. The molecule has 1 aromatic heterocycles. The number of aromatic nitrogens is 2. The van der Waals surface area contributed by atoms with Crippen molar-refractivity contribution in [3.05, 3.63) is 18.2 Å². The normalized spacial score (nSPS) is 18.8. The van der Waals surface area contributed by atoms with Crippen LogP contribution < -0.4 is 5.73 Å². The lowest BCUT2D eigenvalue weighted by atomic mass is 10.1. The third kappa shape index (κ3) is 2.58. The molecular weight excluding hydrogens is 188 g/mol. The highest BCUT2D eigenvalue weighted by molar-refractivity contribution is 4.95. The van der Waals surface area contributed by atoms with Gasteiger partial charge in [-0.25, -0.2) is 4.98 Å². The van der Waals surface area contributed by atoms with Gasteiger partial charge < -0.3 is 10.3 Å². The molecule has 2 rings (SSSR count). The zero-order chi connectivity index (χ0) is 10.7. The van der Waals surface area contributed by atoms with Gasteiger partial charge in [-0.2, -0.15) is 0 Å². The van der Waals surface area contributed by atoms with Gasteiger partial charge >= 0.3 is 0 Å². The second-order valence-electron chi connectivity index (χ2n) is 4.32. The van der Waals surface area contributed by atoms with Crippen molar-refractivity contribution in [1.29, 1.82) is 0 Å². The minimum absolute atomic E-state index is 0.316. The van der Waals surface area contributed by atoms with Crippen LogP contribution in [0.25, 0.3) is 0 Å². The second kappa shape index (κ2) is 4.77. The van der Waals surface area contributed by atoms with Crippen LogP contribution in [0.5, 0.6) is 0 Å². The summed E-state index contributed by atoms with van der Waals surface area (Å²) in [4.78, 5) is 6.75. The van der Waals surface area contributed by atoms with Gasteiger partial charge in [-0.05, 0) is 6.42 Å². The lowest BCUT2D eigenvalue weighted by molar-refractivity contribution is 0.202. The molecule has 4 heteroatoms. The quantitative estimate of drug-likeness (QED) is 0.797. The average molecular weight is 208 g/mol. The van der Waals surface area contributed by atoms with Crippen molar-refractivity contribution in [3.63, 3.8) is 0 Å². The number of hydrogen-bond donors (Lipinski definition) is 1. The third-order valence-electron chi connectivity index (χ3n) is 2.98. The molecule has 0 bridgehead atoms. The SMILES string of the molecule is CCCC(N)CN1CCn2ccnc2C1. The number of nitrogens with zero attached hydrogens (tertiary/aromatic N) is 3. The van der Waals surface area contributed by atoms with E-state index in [0.29, 0.717) is 6.04 Å². The molecule has 0 saturated carbocycles. The van der Waals surface area contributed by atoms with Crippen LogP contribution in [0.4, 0.5) is 0 Å². The maximum Gasteiger partial charge on any atom is 0.122 e. The predicted octanol–water partition coefficient (Wildman–Crippen LogP) is 0.826. The minimum atomic E-state index is 0.316. The van der Waals surface area contributed by atoms with Crippen LogP contribution in [0.1, 0.15) is 25.6 Å². The maximum atomic E-state index is 6.04. The molecule has 0 aliphatic carbocycles. The largest absolute Gasteiger partial charge is 0.333 e. The van der Waals surface area contributed by atoms with Gasteiger partial charge in [0, 0.05) is 38.1 Å². The first-order valence-corrected chi connectivity index (χ1v) is 5.77. The van der Waals surface area contributed by atoms with Crippen LogP contribution in [-0.2, 0) is 13.1 Å². The number of nitrogens with two attached hydrogens (primary N) is 1. The van der Waals surface area contributed by atoms with Crippen molar-refractivity contribution in [3.8, 4) is 0 Å². The van der Waals surface area contributed by atoms with Crippen molar-refractivity contribution in [1.82, 2.24) is 14.5 Å². The van der Waals surface area contributed by atoms with E-state index >= 15 is 0 Å². The van der Waals surface area contributed by atoms with E-state index in [2.05, 4.69) is 27.6 Å². The molecule has 2 N–H and O–H groups in total. The summed E-state index contributed by atoms with van der Waals surface area (Å²) in [7, 11) is 0. The molecule has 15 heavy (non-hydrogen) atoms. The highest BCUT2D eigenvalue weighted by Gasteiger charge is 2.17. The monoisotopic (exact) mass is 208 g/mol. The van der Waals surface area contributed by atoms with Crippen LogP contribution in [0.3, 0.4) is 0 Å². The summed E-state index contributed by atoms with van der Waals surface area (Å²) < 4.78 is 2.22. The van der Waals surface area contributed by atoms with E-state index in [-0.39, 0.29) is 0 Å². The molecule has 84 valence electrons. The molecular formula is C11H20N4. The Hall–Kier alpha value is -0.870. The van der Waals surface area contributed by atoms with Gasteiger partial charge in [-0.15, -0.1) is 0 Å². The van der Waals surface area contributed by atoms with Gasteiger partial charge in [0.2, 0.25) is 0 Å². The van der Waals surface area contributed by atoms with Crippen LogP contribution in [0, 0.1) is 0 Å². The fourth-order valence-electron chi connectivity index (χ4n) is 2.17. The summed E-state index contributed by atoms with van der Waals surface area (Å²) in [6.07, 6.45) is 6.22. The Bertz CT molecular complexity index is 307. The summed E-state index contributed by atoms with van der Waals surface area (Å²) in [6, 6.07) is 0.316. The smallest absolute Gasteiger partial charge is 0.122 e. The number of fused-ring (bicyclic) bond motifs is 1. The fourth-order valence-corrected chi connectivity index (χ4v) is 2.17. The topological polar surface area (TPSA) is 47.1 Å². The summed E-state index contributed by atoms with van der Waals surface area (Å²) in [5.74, 6) is 1.17. The van der Waals surface area contributed by atoms with E-state index < -0.39 is 0 Å². The molecule has 1 aromatic rings. The first-order chi connectivity index (χ1) is 7.29. The molecule has 0 saturated heterocycles. The third-order valence-corrected chi connectivity index (χ3v) is 2.98. The van der Waals surface area contributed by atoms with Crippen LogP contribution in [-0.4, -0.2) is 33.6 Å². The number of hydrogen-bond acceptors (Lipinski definition) is 3. The Morgan fingerprint density at radius 1 is 1.53 bits per heavy atom. The van der Waals surface area contributed by atoms with Crippen molar-refractivity contribution in [2.75, 3.05) is 13.1 Å². The maximum absolute atomic E-state index is 6.04. The zero-order valence-electron chi connectivity index (χ0n) is 9.39. The number of rotatable bonds is 4. The Kier molecular flexibility index (Phi) is 3.38. The zero-order valence-corrected chi connectivity index (χ0v) is 9.39. The van der Waals surface area contributed by atoms with Crippen molar-refractivity contribution in [2.24, 2.45) is 5.73 Å². The standard InChI is InChI=1S/C11H20N4/c1-2-3-10(12)8-14-6-7-15-5-4-13-11(15)9-14/h4-5,10H,2-3,6-9,12H2,1H3. The van der Waals surface area contributed by atoms with Crippen LogP contribution >= 0.6 is 0 Å². The van der Waals surface area contributed by atoms with Gasteiger partial charge in [0.1, 0.15) is 5.82 Å². The van der Waals surface area contributed by atoms with Crippen molar-refractivity contribution >= 4 is 0 Å². The molecule has 4 nitrogen and oxygen atoms in total. The van der Waals surface area contributed by atoms with E-state index in [1.807, 2.05) is 6.20 Å². The molecule has 1 aliphatic heterocycles. The van der Waals surface area contributed by atoms with E-state index in [0.717, 1.165) is 32.6 Å². The highest BCUT2D eigenvalue weighted by Crippen LogP contribution is 2.10.